The Morgan fingerprint density at radius 1 is 1.30 bits per heavy atom. The lowest BCUT2D eigenvalue weighted by molar-refractivity contribution is 1.47. The van der Waals surface area contributed by atoms with Crippen LogP contribution in [0.15, 0.2) is 42.1 Å². The molecular formula is C9H13N. The van der Waals surface area contributed by atoms with Crippen LogP contribution in [0.5, 0.6) is 0 Å². The molecule has 0 aromatic rings. The zero-order valence-electron chi connectivity index (χ0n) is 6.59. The molecule has 0 N–H and O–H groups in total. The minimum absolute atomic E-state index is 0.981. The van der Waals surface area contributed by atoms with Gasteiger partial charge in [-0.2, -0.15) is 0 Å². The zero-order chi connectivity index (χ0) is 7.98. The van der Waals surface area contributed by atoms with Gasteiger partial charge in [-0.05, 0) is 19.4 Å². The van der Waals surface area contributed by atoms with Crippen LogP contribution in [0, 0.1) is 0 Å². The van der Waals surface area contributed by atoms with Crippen molar-refractivity contribution in [3.05, 3.63) is 37.1 Å². The van der Waals surface area contributed by atoms with Gasteiger partial charge >= 0.3 is 0 Å². The van der Waals surface area contributed by atoms with Gasteiger partial charge in [0.15, 0.2) is 0 Å². The van der Waals surface area contributed by atoms with E-state index in [0.29, 0.717) is 0 Å². The highest BCUT2D eigenvalue weighted by atomic mass is 14.7. The van der Waals surface area contributed by atoms with E-state index in [1.807, 2.05) is 19.9 Å². The van der Waals surface area contributed by atoms with Crippen LogP contribution < -0.4 is 0 Å². The molecule has 0 bridgehead atoms. The second-order valence-electron chi connectivity index (χ2n) is 1.98. The van der Waals surface area contributed by atoms with Crippen molar-refractivity contribution in [2.24, 2.45) is 4.99 Å². The van der Waals surface area contributed by atoms with Crippen LogP contribution in [0.2, 0.25) is 0 Å². The van der Waals surface area contributed by atoms with E-state index >= 15 is 0 Å². The van der Waals surface area contributed by atoms with Gasteiger partial charge in [-0.15, -0.1) is 0 Å². The van der Waals surface area contributed by atoms with Crippen LogP contribution in [-0.2, 0) is 0 Å². The summed E-state index contributed by atoms with van der Waals surface area (Å²) in [6.45, 7) is 11.0. The maximum absolute atomic E-state index is 4.01. The predicted octanol–water partition coefficient (Wildman–Crippen LogP) is 2.72. The first-order valence-corrected chi connectivity index (χ1v) is 3.17. The van der Waals surface area contributed by atoms with Crippen molar-refractivity contribution >= 4 is 5.71 Å². The van der Waals surface area contributed by atoms with Crippen LogP contribution >= 0.6 is 0 Å². The first-order chi connectivity index (χ1) is 4.72. The standard InChI is InChI=1S/C9H13N/c1-5-7-8(3)9(4)10-6-2/h5-7H,1-2H2,3-4H3/b8-7-,10-9?. The second-order valence-corrected chi connectivity index (χ2v) is 1.98. The van der Waals surface area contributed by atoms with Gasteiger partial charge in [0, 0.05) is 11.9 Å². The number of aliphatic imine (C=N–C) groups is 1. The average Bonchev–Trinajstić information content (AvgIpc) is 1.89. The normalized spacial score (nSPS) is 13.0. The van der Waals surface area contributed by atoms with Crippen LogP contribution in [0.4, 0.5) is 0 Å². The average molecular weight is 135 g/mol. The molecule has 54 valence electrons. The zero-order valence-corrected chi connectivity index (χ0v) is 6.59. The fraction of sp³-hybridized carbons (Fsp3) is 0.222. The van der Waals surface area contributed by atoms with Gasteiger partial charge in [0.2, 0.25) is 0 Å². The second kappa shape index (κ2) is 4.74. The van der Waals surface area contributed by atoms with Crippen molar-refractivity contribution in [3.63, 3.8) is 0 Å². The van der Waals surface area contributed by atoms with E-state index in [0.717, 1.165) is 11.3 Å². The molecule has 0 spiro atoms. The van der Waals surface area contributed by atoms with Crippen molar-refractivity contribution in [2.45, 2.75) is 13.8 Å². The van der Waals surface area contributed by atoms with Gasteiger partial charge in [-0.3, -0.25) is 4.99 Å². The lowest BCUT2D eigenvalue weighted by atomic mass is 10.2. The first kappa shape index (κ1) is 8.89. The minimum atomic E-state index is 0.981. The van der Waals surface area contributed by atoms with Crippen molar-refractivity contribution in [1.29, 1.82) is 0 Å². The molecule has 0 saturated heterocycles. The molecule has 0 fully saturated rings. The maximum atomic E-state index is 4.01. The van der Waals surface area contributed by atoms with Crippen LogP contribution in [0.3, 0.4) is 0 Å². The Bertz CT molecular complexity index is 163. The highest BCUT2D eigenvalue weighted by Gasteiger charge is 1.88. The summed E-state index contributed by atoms with van der Waals surface area (Å²) in [6, 6.07) is 0. The highest BCUT2D eigenvalue weighted by molar-refractivity contribution is 5.98. The van der Waals surface area contributed by atoms with Crippen molar-refractivity contribution in [2.75, 3.05) is 0 Å². The molecule has 0 radical (unpaired) electrons. The summed E-state index contributed by atoms with van der Waals surface area (Å²) in [4.78, 5) is 4.01. The SMILES string of the molecule is C=C/C=C(/C)C(C)=NC=C. The van der Waals surface area contributed by atoms with Gasteiger partial charge in [0.05, 0.1) is 0 Å². The van der Waals surface area contributed by atoms with E-state index in [2.05, 4.69) is 18.2 Å². The summed E-state index contributed by atoms with van der Waals surface area (Å²) < 4.78 is 0. The van der Waals surface area contributed by atoms with Crippen molar-refractivity contribution in [1.82, 2.24) is 0 Å². The van der Waals surface area contributed by atoms with E-state index in [1.165, 1.54) is 6.20 Å². The molecule has 0 aromatic carbocycles. The van der Waals surface area contributed by atoms with Crippen molar-refractivity contribution in [3.8, 4) is 0 Å². The number of allylic oxidation sites excluding steroid dienone is 3. The summed E-state index contributed by atoms with van der Waals surface area (Å²) in [5.74, 6) is 0. The van der Waals surface area contributed by atoms with Gasteiger partial charge in [-0.25, -0.2) is 0 Å². The third-order valence-corrected chi connectivity index (χ3v) is 1.22. The molecule has 0 atom stereocenters. The maximum Gasteiger partial charge on any atom is 0.0401 e. The summed E-state index contributed by atoms with van der Waals surface area (Å²) in [6.07, 6.45) is 5.20. The van der Waals surface area contributed by atoms with Crippen molar-refractivity contribution < 1.29 is 0 Å². The summed E-state index contributed by atoms with van der Waals surface area (Å²) >= 11 is 0. The molecule has 0 aliphatic carbocycles. The topological polar surface area (TPSA) is 12.4 Å². The van der Waals surface area contributed by atoms with Crippen LogP contribution in [-0.4, -0.2) is 5.71 Å². The Labute approximate surface area is 62.5 Å². The van der Waals surface area contributed by atoms with E-state index < -0.39 is 0 Å². The number of hydrogen-bond donors (Lipinski definition) is 0. The van der Waals surface area contributed by atoms with Gasteiger partial charge in [-0.1, -0.05) is 25.3 Å². The van der Waals surface area contributed by atoms with Crippen LogP contribution in [0.1, 0.15) is 13.8 Å². The van der Waals surface area contributed by atoms with Gasteiger partial charge in [0.1, 0.15) is 0 Å². The predicted molar refractivity (Wildman–Crippen MR) is 47.3 cm³/mol. The summed E-state index contributed by atoms with van der Waals surface area (Å²) in [5.41, 5.74) is 2.10. The molecule has 0 aliphatic heterocycles. The van der Waals surface area contributed by atoms with E-state index in [-0.39, 0.29) is 0 Å². The molecule has 0 aromatic heterocycles. The van der Waals surface area contributed by atoms with Gasteiger partial charge in [0.25, 0.3) is 0 Å². The lowest BCUT2D eigenvalue weighted by Crippen LogP contribution is -1.90. The first-order valence-electron chi connectivity index (χ1n) is 3.17. The largest absolute Gasteiger partial charge is 0.262 e. The van der Waals surface area contributed by atoms with E-state index in [1.54, 1.807) is 6.08 Å². The molecule has 10 heavy (non-hydrogen) atoms. The summed E-state index contributed by atoms with van der Waals surface area (Å²) in [7, 11) is 0. The molecule has 1 nitrogen and oxygen atoms in total. The third-order valence-electron chi connectivity index (χ3n) is 1.22. The molecule has 0 heterocycles. The smallest absolute Gasteiger partial charge is 0.0401 e. The molecule has 1 heteroatoms. The van der Waals surface area contributed by atoms with Gasteiger partial charge < -0.3 is 0 Å². The van der Waals surface area contributed by atoms with E-state index in [4.69, 9.17) is 0 Å². The molecule has 0 aliphatic rings. The molecule has 0 unspecified atom stereocenters. The molecular weight excluding hydrogens is 122 g/mol. The third kappa shape index (κ3) is 3.02. The Hall–Kier alpha value is -1.11. The number of hydrogen-bond acceptors (Lipinski definition) is 1. The number of rotatable bonds is 3. The van der Waals surface area contributed by atoms with E-state index in [9.17, 15) is 0 Å². The Kier molecular flexibility index (Phi) is 4.21. The molecule has 0 saturated carbocycles. The lowest BCUT2D eigenvalue weighted by Gasteiger charge is -1.94. The fourth-order valence-electron chi connectivity index (χ4n) is 0.536. The quantitative estimate of drug-likeness (QED) is 0.417. The minimum Gasteiger partial charge on any atom is -0.262 e. The molecule has 0 rings (SSSR count). The monoisotopic (exact) mass is 135 g/mol. The molecule has 0 amide bonds. The Morgan fingerprint density at radius 3 is 2.30 bits per heavy atom. The summed E-state index contributed by atoms with van der Waals surface area (Å²) in [5, 5.41) is 0. The number of nitrogens with zero attached hydrogens (tertiary/aromatic N) is 1. The Morgan fingerprint density at radius 2 is 1.90 bits per heavy atom. The highest BCUT2D eigenvalue weighted by Crippen LogP contribution is 1.96. The van der Waals surface area contributed by atoms with Crippen LogP contribution in [0.25, 0.3) is 0 Å². The Balaban J connectivity index is 4.33. The fourth-order valence-corrected chi connectivity index (χ4v) is 0.536.